The number of carbonyl (C=O) groups is 2. The number of hydrogen-bond donors (Lipinski definition) is 2. The molecule has 0 spiro atoms. The highest BCUT2D eigenvalue weighted by atomic mass is 17.0. The Morgan fingerprint density at radius 2 is 1.35 bits per heavy atom. The van der Waals surface area contributed by atoms with E-state index in [1.807, 2.05) is 0 Å². The number of carboxylic acid groups (broad SMARTS) is 2. The van der Waals surface area contributed by atoms with Gasteiger partial charge in [0.15, 0.2) is 0 Å². The molecule has 4 aliphatic rings. The van der Waals surface area contributed by atoms with Crippen molar-refractivity contribution in [2.24, 2.45) is 10.8 Å². The highest BCUT2D eigenvalue weighted by molar-refractivity contribution is 5.87. The minimum atomic E-state index is -1.25. The van der Waals surface area contributed by atoms with Gasteiger partial charge in [-0.25, -0.2) is 0 Å². The van der Waals surface area contributed by atoms with E-state index in [0.29, 0.717) is 25.7 Å². The van der Waals surface area contributed by atoms with E-state index in [4.69, 9.17) is 9.47 Å². The fourth-order valence-corrected chi connectivity index (χ4v) is 4.70. The van der Waals surface area contributed by atoms with Crippen LogP contribution in [0.3, 0.4) is 0 Å². The van der Waals surface area contributed by atoms with E-state index >= 15 is 0 Å². The first-order valence-electron chi connectivity index (χ1n) is 7.29. The maximum atomic E-state index is 12.0. The number of rotatable bonds is 3. The molecule has 0 aromatic carbocycles. The lowest BCUT2D eigenvalue weighted by molar-refractivity contribution is -0.184. The van der Waals surface area contributed by atoms with Gasteiger partial charge < -0.3 is 19.7 Å². The summed E-state index contributed by atoms with van der Waals surface area (Å²) in [6.07, 6.45) is 4.43. The average Bonchev–Trinajstić information content (AvgIpc) is 3.24. The van der Waals surface area contributed by atoms with Gasteiger partial charge >= 0.3 is 11.9 Å². The van der Waals surface area contributed by atoms with Gasteiger partial charge in [0.25, 0.3) is 0 Å². The minimum Gasteiger partial charge on any atom is -0.481 e. The van der Waals surface area contributed by atoms with Crippen LogP contribution in [0.25, 0.3) is 0 Å². The van der Waals surface area contributed by atoms with E-state index < -0.39 is 34.3 Å². The Morgan fingerprint density at radius 1 is 0.750 bits per heavy atom. The van der Waals surface area contributed by atoms with Crippen molar-refractivity contribution < 1.29 is 29.3 Å². The summed E-state index contributed by atoms with van der Waals surface area (Å²) in [6.45, 7) is 0. The van der Waals surface area contributed by atoms with Gasteiger partial charge in [-0.3, -0.25) is 9.59 Å². The molecule has 4 rings (SSSR count). The van der Waals surface area contributed by atoms with Crippen LogP contribution in [0.1, 0.15) is 51.4 Å². The third-order valence-corrected chi connectivity index (χ3v) is 6.01. The van der Waals surface area contributed by atoms with Crippen LogP contribution < -0.4 is 0 Å². The van der Waals surface area contributed by atoms with E-state index in [9.17, 15) is 19.8 Å². The van der Waals surface area contributed by atoms with Crippen molar-refractivity contribution in [2.75, 3.05) is 0 Å². The van der Waals surface area contributed by atoms with Crippen LogP contribution in [0.5, 0.6) is 0 Å². The van der Waals surface area contributed by atoms with Gasteiger partial charge in [-0.1, -0.05) is 19.3 Å². The van der Waals surface area contributed by atoms with E-state index in [1.54, 1.807) is 0 Å². The topological polar surface area (TPSA) is 99.7 Å². The SMILES string of the molecule is O=C(O)C1(C2(C(=O)O)CCC34OC3(C2)O4)CCCCC1. The lowest BCUT2D eigenvalue weighted by Crippen LogP contribution is -2.55. The summed E-state index contributed by atoms with van der Waals surface area (Å²) in [5.41, 5.74) is -2.42. The van der Waals surface area contributed by atoms with Crippen LogP contribution in [-0.4, -0.2) is 33.7 Å². The molecule has 0 aromatic rings. The Morgan fingerprint density at radius 3 is 1.85 bits per heavy atom. The van der Waals surface area contributed by atoms with Crippen LogP contribution >= 0.6 is 0 Å². The molecule has 2 heterocycles. The first kappa shape index (κ1) is 12.6. The van der Waals surface area contributed by atoms with Crippen molar-refractivity contribution in [3.05, 3.63) is 0 Å². The van der Waals surface area contributed by atoms with Gasteiger partial charge in [-0.05, 0) is 19.3 Å². The van der Waals surface area contributed by atoms with Crippen LogP contribution in [0.2, 0.25) is 0 Å². The summed E-state index contributed by atoms with van der Waals surface area (Å²) in [6, 6.07) is 0. The monoisotopic (exact) mass is 282 g/mol. The van der Waals surface area contributed by atoms with Gasteiger partial charge in [-0.15, -0.1) is 0 Å². The largest absolute Gasteiger partial charge is 0.481 e. The van der Waals surface area contributed by atoms with Gasteiger partial charge in [0, 0.05) is 12.8 Å². The van der Waals surface area contributed by atoms with Crippen molar-refractivity contribution in [2.45, 2.75) is 62.9 Å². The summed E-state index contributed by atoms with van der Waals surface area (Å²) in [4.78, 5) is 24.0. The summed E-state index contributed by atoms with van der Waals surface area (Å²) >= 11 is 0. The van der Waals surface area contributed by atoms with Gasteiger partial charge in [0.1, 0.15) is 0 Å². The maximum Gasteiger partial charge on any atom is 0.311 e. The van der Waals surface area contributed by atoms with Crippen molar-refractivity contribution in [1.29, 1.82) is 0 Å². The lowest BCUT2D eigenvalue weighted by atomic mass is 9.52. The highest BCUT2D eigenvalue weighted by Gasteiger charge is 2.94. The van der Waals surface area contributed by atoms with Crippen molar-refractivity contribution in [3.63, 3.8) is 0 Å². The third-order valence-electron chi connectivity index (χ3n) is 6.01. The molecular weight excluding hydrogens is 264 g/mol. The molecule has 2 N–H and O–H groups in total. The van der Waals surface area contributed by atoms with Crippen LogP contribution in [0.4, 0.5) is 0 Å². The second kappa shape index (κ2) is 3.36. The zero-order valence-corrected chi connectivity index (χ0v) is 11.2. The molecule has 1 atom stereocenters. The van der Waals surface area contributed by atoms with E-state index in [1.165, 1.54) is 0 Å². The van der Waals surface area contributed by atoms with Crippen LogP contribution in [0.15, 0.2) is 0 Å². The van der Waals surface area contributed by atoms with E-state index in [0.717, 1.165) is 19.3 Å². The summed E-state index contributed by atoms with van der Waals surface area (Å²) in [5.74, 6) is -3.30. The number of ether oxygens (including phenoxy) is 2. The maximum absolute atomic E-state index is 12.0. The minimum absolute atomic E-state index is 0.182. The Kier molecular flexibility index (Phi) is 2.12. The van der Waals surface area contributed by atoms with Crippen LogP contribution in [-0.2, 0) is 19.1 Å². The number of carboxylic acids is 2. The molecule has 2 aliphatic heterocycles. The molecule has 0 aromatic heterocycles. The molecule has 4 fully saturated rings. The zero-order valence-electron chi connectivity index (χ0n) is 11.2. The Labute approximate surface area is 116 Å². The van der Waals surface area contributed by atoms with Gasteiger partial charge in [-0.2, -0.15) is 0 Å². The predicted octanol–water partition coefficient (Wildman–Crippen LogP) is 1.73. The number of hydrogen-bond acceptors (Lipinski definition) is 4. The highest BCUT2D eigenvalue weighted by Crippen LogP contribution is 2.79. The van der Waals surface area contributed by atoms with Gasteiger partial charge in [0.05, 0.1) is 10.8 Å². The number of aliphatic carboxylic acids is 2. The smallest absolute Gasteiger partial charge is 0.311 e. The Bertz CT molecular complexity index is 500. The van der Waals surface area contributed by atoms with E-state index in [2.05, 4.69) is 0 Å². The summed E-state index contributed by atoms with van der Waals surface area (Å²) < 4.78 is 11.0. The van der Waals surface area contributed by atoms with Crippen LogP contribution in [0, 0.1) is 10.8 Å². The second-order valence-electron chi connectivity index (χ2n) is 6.72. The standard InChI is InChI=1S/C14H18O6/c15-9(16)11(4-2-1-3-5-11)12(10(17)18)6-7-13-14(8-12,19-13)20-13/h1-8H2,(H,15,16)(H,17,18). The molecule has 110 valence electrons. The normalized spacial score (nSPS) is 47.8. The molecule has 2 saturated carbocycles. The Balaban J connectivity index is 1.77. The molecule has 1 unspecified atom stereocenters. The molecule has 2 saturated heterocycles. The molecule has 6 nitrogen and oxygen atoms in total. The fourth-order valence-electron chi connectivity index (χ4n) is 4.70. The average molecular weight is 282 g/mol. The van der Waals surface area contributed by atoms with E-state index in [-0.39, 0.29) is 6.42 Å². The fraction of sp³-hybridized carbons (Fsp3) is 0.857. The summed E-state index contributed by atoms with van der Waals surface area (Å²) in [5, 5.41) is 19.7. The molecule has 20 heavy (non-hydrogen) atoms. The van der Waals surface area contributed by atoms with Gasteiger partial charge in [0.2, 0.25) is 11.6 Å². The summed E-state index contributed by atoms with van der Waals surface area (Å²) in [7, 11) is 0. The van der Waals surface area contributed by atoms with Crippen molar-refractivity contribution in [1.82, 2.24) is 0 Å². The third kappa shape index (κ3) is 1.18. The first-order valence-corrected chi connectivity index (χ1v) is 7.29. The Hall–Kier alpha value is -1.14. The first-order chi connectivity index (χ1) is 9.42. The second-order valence-corrected chi connectivity index (χ2v) is 6.72. The molecule has 0 amide bonds. The van der Waals surface area contributed by atoms with Crippen molar-refractivity contribution >= 4 is 11.9 Å². The molecular formula is C14H18O6. The zero-order chi connectivity index (χ0) is 14.2. The molecule has 6 heteroatoms. The molecule has 0 radical (unpaired) electrons. The lowest BCUT2D eigenvalue weighted by Gasteiger charge is -2.47. The number of epoxide rings is 2. The molecule has 0 bridgehead atoms. The molecule has 2 aliphatic carbocycles. The predicted molar refractivity (Wildman–Crippen MR) is 64.7 cm³/mol. The van der Waals surface area contributed by atoms with Crippen molar-refractivity contribution in [3.8, 4) is 0 Å². The quantitative estimate of drug-likeness (QED) is 0.765.